The number of hydrogen-bond donors (Lipinski definition) is 2. The molecular formula is C14H20N2O3. The topological polar surface area (TPSA) is 75.8 Å². The first-order valence-corrected chi connectivity index (χ1v) is 6.35. The van der Waals surface area contributed by atoms with Crippen LogP contribution in [-0.4, -0.2) is 28.2 Å². The summed E-state index contributed by atoms with van der Waals surface area (Å²) in [6, 6.07) is 3.25. The maximum atomic E-state index is 12.0. The second-order valence-electron chi connectivity index (χ2n) is 5.78. The smallest absolute Gasteiger partial charge is 0.410 e. The fraction of sp³-hybridized carbons (Fsp3) is 0.500. The van der Waals surface area contributed by atoms with Gasteiger partial charge in [-0.3, -0.25) is 0 Å². The van der Waals surface area contributed by atoms with Crippen molar-refractivity contribution < 1.29 is 14.6 Å². The van der Waals surface area contributed by atoms with E-state index in [2.05, 4.69) is 0 Å². The third-order valence-electron chi connectivity index (χ3n) is 3.08. The van der Waals surface area contributed by atoms with Gasteiger partial charge in [0.2, 0.25) is 0 Å². The van der Waals surface area contributed by atoms with Gasteiger partial charge in [0.05, 0.1) is 6.54 Å². The second kappa shape index (κ2) is 4.64. The van der Waals surface area contributed by atoms with Gasteiger partial charge in [-0.1, -0.05) is 0 Å². The van der Waals surface area contributed by atoms with Gasteiger partial charge >= 0.3 is 6.09 Å². The fourth-order valence-corrected chi connectivity index (χ4v) is 2.16. The van der Waals surface area contributed by atoms with Gasteiger partial charge in [-0.25, -0.2) is 4.79 Å². The highest BCUT2D eigenvalue weighted by Gasteiger charge is 2.27. The zero-order valence-electron chi connectivity index (χ0n) is 11.6. The third-order valence-corrected chi connectivity index (χ3v) is 3.08. The van der Waals surface area contributed by atoms with E-state index >= 15 is 0 Å². The Bertz CT molecular complexity index is 506. The van der Waals surface area contributed by atoms with E-state index in [1.165, 1.54) is 0 Å². The number of carbonyl (C=O) groups excluding carboxylic acids is 1. The number of ether oxygens (including phenoxy) is 1. The molecule has 1 amide bonds. The van der Waals surface area contributed by atoms with Gasteiger partial charge in [0.15, 0.2) is 0 Å². The van der Waals surface area contributed by atoms with Gasteiger partial charge < -0.3 is 20.5 Å². The fourth-order valence-electron chi connectivity index (χ4n) is 2.16. The first-order chi connectivity index (χ1) is 8.78. The largest absolute Gasteiger partial charge is 0.508 e. The van der Waals surface area contributed by atoms with Gasteiger partial charge in [-0.05, 0) is 39.3 Å². The number of amides is 1. The SMILES string of the molecule is CC(C)(C)OC(=O)N1CCc2c(O)ccc(N)c2C1. The van der Waals surface area contributed by atoms with E-state index in [4.69, 9.17) is 10.5 Å². The molecule has 104 valence electrons. The molecule has 1 aromatic carbocycles. The van der Waals surface area contributed by atoms with Gasteiger partial charge in [-0.2, -0.15) is 0 Å². The van der Waals surface area contributed by atoms with E-state index in [0.29, 0.717) is 25.2 Å². The molecule has 1 aliphatic rings. The lowest BCUT2D eigenvalue weighted by atomic mass is 9.97. The van der Waals surface area contributed by atoms with Crippen LogP contribution < -0.4 is 5.73 Å². The number of phenols is 1. The summed E-state index contributed by atoms with van der Waals surface area (Å²) in [5.41, 5.74) is 7.65. The number of anilines is 1. The lowest BCUT2D eigenvalue weighted by Gasteiger charge is -2.32. The monoisotopic (exact) mass is 264 g/mol. The minimum absolute atomic E-state index is 0.244. The molecule has 5 heteroatoms. The average Bonchev–Trinajstić information content (AvgIpc) is 2.31. The van der Waals surface area contributed by atoms with Crippen molar-refractivity contribution in [3.63, 3.8) is 0 Å². The molecule has 0 unspecified atom stereocenters. The van der Waals surface area contributed by atoms with Crippen LogP contribution in [0, 0.1) is 0 Å². The van der Waals surface area contributed by atoms with Gasteiger partial charge in [-0.15, -0.1) is 0 Å². The summed E-state index contributed by atoms with van der Waals surface area (Å²) in [7, 11) is 0. The van der Waals surface area contributed by atoms with Crippen molar-refractivity contribution in [2.24, 2.45) is 0 Å². The molecule has 2 rings (SSSR count). The van der Waals surface area contributed by atoms with Crippen LogP contribution in [0.3, 0.4) is 0 Å². The van der Waals surface area contributed by atoms with Crippen molar-refractivity contribution in [1.29, 1.82) is 0 Å². The quantitative estimate of drug-likeness (QED) is 0.556. The van der Waals surface area contributed by atoms with Gasteiger partial charge in [0.1, 0.15) is 11.4 Å². The van der Waals surface area contributed by atoms with Crippen molar-refractivity contribution in [3.8, 4) is 5.75 Å². The van der Waals surface area contributed by atoms with Crippen LogP contribution in [0.4, 0.5) is 10.5 Å². The van der Waals surface area contributed by atoms with Crippen LogP contribution in [0.2, 0.25) is 0 Å². The van der Waals surface area contributed by atoms with E-state index in [1.54, 1.807) is 17.0 Å². The highest BCUT2D eigenvalue weighted by atomic mass is 16.6. The first-order valence-electron chi connectivity index (χ1n) is 6.35. The molecule has 1 aromatic rings. The number of nitrogens with two attached hydrogens (primary N) is 1. The highest BCUT2D eigenvalue weighted by molar-refractivity contribution is 5.70. The number of nitrogen functional groups attached to an aromatic ring is 1. The second-order valence-corrected chi connectivity index (χ2v) is 5.78. The molecule has 0 atom stereocenters. The maximum absolute atomic E-state index is 12.0. The number of benzene rings is 1. The molecule has 0 saturated heterocycles. The van der Waals surface area contributed by atoms with Gasteiger partial charge in [0.25, 0.3) is 0 Å². The molecule has 0 bridgehead atoms. The Hall–Kier alpha value is -1.91. The number of rotatable bonds is 0. The normalized spacial score (nSPS) is 15.0. The number of carbonyl (C=O) groups is 1. The molecule has 3 N–H and O–H groups in total. The van der Waals surface area contributed by atoms with Gasteiger partial charge in [0, 0.05) is 23.4 Å². The molecule has 19 heavy (non-hydrogen) atoms. The summed E-state index contributed by atoms with van der Waals surface area (Å²) >= 11 is 0. The van der Waals surface area contributed by atoms with E-state index < -0.39 is 5.60 Å². The minimum Gasteiger partial charge on any atom is -0.508 e. The first kappa shape index (κ1) is 13.5. The van der Waals surface area contributed by atoms with Crippen molar-refractivity contribution in [2.45, 2.75) is 39.3 Å². The van der Waals surface area contributed by atoms with Crippen LogP contribution in [0.15, 0.2) is 12.1 Å². The molecule has 5 nitrogen and oxygen atoms in total. The molecule has 0 radical (unpaired) electrons. The summed E-state index contributed by atoms with van der Waals surface area (Å²) in [6.45, 7) is 6.42. The van der Waals surface area contributed by atoms with Crippen LogP contribution in [-0.2, 0) is 17.7 Å². The maximum Gasteiger partial charge on any atom is 0.410 e. The van der Waals surface area contributed by atoms with Crippen LogP contribution in [0.1, 0.15) is 31.9 Å². The minimum atomic E-state index is -0.512. The highest BCUT2D eigenvalue weighted by Crippen LogP contribution is 2.31. The number of fused-ring (bicyclic) bond motifs is 1. The Morgan fingerprint density at radius 1 is 1.37 bits per heavy atom. The number of aromatic hydroxyl groups is 1. The Morgan fingerprint density at radius 3 is 2.68 bits per heavy atom. The molecular weight excluding hydrogens is 244 g/mol. The van der Waals surface area contributed by atoms with Crippen molar-refractivity contribution in [3.05, 3.63) is 23.3 Å². The molecule has 0 fully saturated rings. The summed E-state index contributed by atoms with van der Waals surface area (Å²) in [4.78, 5) is 13.6. The number of hydrogen-bond acceptors (Lipinski definition) is 4. The van der Waals surface area contributed by atoms with Crippen LogP contribution in [0.25, 0.3) is 0 Å². The predicted octanol–water partition coefficient (Wildman–Crippen LogP) is 2.27. The molecule has 0 saturated carbocycles. The predicted molar refractivity (Wildman–Crippen MR) is 72.9 cm³/mol. The van der Waals surface area contributed by atoms with Crippen molar-refractivity contribution >= 4 is 11.8 Å². The zero-order chi connectivity index (χ0) is 14.2. The van der Waals surface area contributed by atoms with E-state index in [-0.39, 0.29) is 11.8 Å². The molecule has 1 aliphatic heterocycles. The molecule has 0 aromatic heterocycles. The zero-order valence-corrected chi connectivity index (χ0v) is 11.6. The summed E-state index contributed by atoms with van der Waals surface area (Å²) in [5.74, 6) is 0.244. The Labute approximate surface area is 113 Å². The summed E-state index contributed by atoms with van der Waals surface area (Å²) in [5, 5.41) is 9.80. The van der Waals surface area contributed by atoms with Crippen LogP contribution >= 0.6 is 0 Å². The Morgan fingerprint density at radius 2 is 2.05 bits per heavy atom. The van der Waals surface area contributed by atoms with E-state index in [9.17, 15) is 9.90 Å². The molecule has 0 aliphatic carbocycles. The lowest BCUT2D eigenvalue weighted by molar-refractivity contribution is 0.0223. The Balaban J connectivity index is 2.18. The summed E-state index contributed by atoms with van der Waals surface area (Å²) in [6.07, 6.45) is 0.242. The Kier molecular flexibility index (Phi) is 3.30. The van der Waals surface area contributed by atoms with E-state index in [1.807, 2.05) is 20.8 Å². The summed E-state index contributed by atoms with van der Waals surface area (Å²) < 4.78 is 5.35. The molecule has 0 spiro atoms. The third kappa shape index (κ3) is 2.92. The standard InChI is InChI=1S/C14H20N2O3/c1-14(2,3)19-13(18)16-7-6-9-10(8-16)11(15)4-5-12(9)17/h4-5,17H,6-8,15H2,1-3H3. The molecule has 1 heterocycles. The number of nitrogens with zero attached hydrogens (tertiary/aromatic N) is 1. The van der Waals surface area contributed by atoms with E-state index in [0.717, 1.165) is 11.1 Å². The van der Waals surface area contributed by atoms with Crippen molar-refractivity contribution in [1.82, 2.24) is 4.90 Å². The number of phenolic OH excluding ortho intramolecular Hbond substituents is 1. The lowest BCUT2D eigenvalue weighted by Crippen LogP contribution is -2.40. The average molecular weight is 264 g/mol. The van der Waals surface area contributed by atoms with Crippen molar-refractivity contribution in [2.75, 3.05) is 12.3 Å². The van der Waals surface area contributed by atoms with Crippen LogP contribution in [0.5, 0.6) is 5.75 Å².